The summed E-state index contributed by atoms with van der Waals surface area (Å²) in [5.74, 6) is 0.514. The summed E-state index contributed by atoms with van der Waals surface area (Å²) < 4.78 is 5.65. The monoisotopic (exact) mass is 293 g/mol. The normalized spacial score (nSPS) is 10.6. The Labute approximate surface area is 120 Å². The van der Waals surface area contributed by atoms with Crippen LogP contribution in [0.2, 0.25) is 5.28 Å². The maximum Gasteiger partial charge on any atom is 0.313 e. The van der Waals surface area contributed by atoms with Gasteiger partial charge in [0.25, 0.3) is 0 Å². The van der Waals surface area contributed by atoms with Gasteiger partial charge in [-0.25, -0.2) is 9.97 Å². The van der Waals surface area contributed by atoms with Gasteiger partial charge in [0.15, 0.2) is 5.69 Å². The van der Waals surface area contributed by atoms with Gasteiger partial charge in [0, 0.05) is 5.56 Å². The smallest absolute Gasteiger partial charge is 0.313 e. The first kappa shape index (κ1) is 14.2. The van der Waals surface area contributed by atoms with Crippen molar-refractivity contribution in [3.63, 3.8) is 0 Å². The van der Waals surface area contributed by atoms with E-state index in [2.05, 4.69) is 9.97 Å². The van der Waals surface area contributed by atoms with E-state index in [-0.39, 0.29) is 22.8 Å². The van der Waals surface area contributed by atoms with Crippen LogP contribution < -0.4 is 4.74 Å². The Bertz CT molecular complexity index is 647. The number of nitrogens with zero attached hydrogens (tertiary/aromatic N) is 3. The fourth-order valence-electron chi connectivity index (χ4n) is 1.70. The van der Waals surface area contributed by atoms with Crippen LogP contribution in [0.3, 0.4) is 0 Å². The number of rotatable bonds is 4. The van der Waals surface area contributed by atoms with Crippen molar-refractivity contribution in [2.45, 2.75) is 20.0 Å². The second-order valence-electron chi connectivity index (χ2n) is 4.29. The van der Waals surface area contributed by atoms with E-state index in [1.165, 1.54) is 0 Å². The molecule has 2 aromatic rings. The molecule has 7 heteroatoms. The molecule has 0 saturated carbocycles. The molecule has 2 rings (SSSR count). The number of aromatic nitrogens is 2. The average molecular weight is 294 g/mol. The van der Waals surface area contributed by atoms with Crippen LogP contribution in [0.4, 0.5) is 5.69 Å². The van der Waals surface area contributed by atoms with E-state index in [1.807, 2.05) is 13.8 Å². The minimum atomic E-state index is -0.544. The Hall–Kier alpha value is -2.21. The zero-order valence-electron chi connectivity index (χ0n) is 10.9. The molecule has 1 heterocycles. The molecule has 0 amide bonds. The minimum Gasteiger partial charge on any atom is -0.490 e. The van der Waals surface area contributed by atoms with E-state index in [0.717, 1.165) is 6.20 Å². The van der Waals surface area contributed by atoms with Crippen LogP contribution in [0.15, 0.2) is 30.5 Å². The number of para-hydroxylation sites is 1. The first-order valence-electron chi connectivity index (χ1n) is 5.92. The van der Waals surface area contributed by atoms with Gasteiger partial charge >= 0.3 is 5.69 Å². The summed E-state index contributed by atoms with van der Waals surface area (Å²) >= 11 is 5.74. The molecule has 1 aromatic heterocycles. The highest BCUT2D eigenvalue weighted by Gasteiger charge is 2.21. The summed E-state index contributed by atoms with van der Waals surface area (Å²) in [6.07, 6.45) is 1.03. The SMILES string of the molecule is CC(C)Oc1ccccc1-c1nc(Cl)ncc1[N+](=O)[O-]. The van der Waals surface area contributed by atoms with Crippen LogP contribution in [0.5, 0.6) is 5.75 Å². The minimum absolute atomic E-state index is 0.0510. The molecule has 0 unspecified atom stereocenters. The molecule has 0 aliphatic rings. The van der Waals surface area contributed by atoms with Gasteiger partial charge in [-0.15, -0.1) is 0 Å². The Morgan fingerprint density at radius 2 is 2.05 bits per heavy atom. The van der Waals surface area contributed by atoms with E-state index < -0.39 is 4.92 Å². The van der Waals surface area contributed by atoms with Crippen LogP contribution >= 0.6 is 11.6 Å². The van der Waals surface area contributed by atoms with Crippen molar-refractivity contribution in [3.8, 4) is 17.0 Å². The third-order valence-corrected chi connectivity index (χ3v) is 2.62. The van der Waals surface area contributed by atoms with Gasteiger partial charge in [0.1, 0.15) is 11.9 Å². The largest absolute Gasteiger partial charge is 0.490 e. The summed E-state index contributed by atoms with van der Waals surface area (Å²) in [6.45, 7) is 3.75. The second kappa shape index (κ2) is 5.83. The zero-order chi connectivity index (χ0) is 14.7. The molecular formula is C13H12ClN3O3. The molecule has 0 aliphatic carbocycles. The van der Waals surface area contributed by atoms with Crippen LogP contribution in [0.25, 0.3) is 11.3 Å². The molecule has 0 radical (unpaired) electrons. The highest BCUT2D eigenvalue weighted by molar-refractivity contribution is 6.28. The number of nitro groups is 1. The van der Waals surface area contributed by atoms with E-state index in [1.54, 1.807) is 24.3 Å². The first-order valence-corrected chi connectivity index (χ1v) is 6.30. The number of hydrogen-bond donors (Lipinski definition) is 0. The highest BCUT2D eigenvalue weighted by atomic mass is 35.5. The second-order valence-corrected chi connectivity index (χ2v) is 4.63. The molecule has 0 fully saturated rings. The average Bonchev–Trinajstić information content (AvgIpc) is 2.38. The van der Waals surface area contributed by atoms with Crippen molar-refractivity contribution in [1.29, 1.82) is 0 Å². The van der Waals surface area contributed by atoms with Crippen molar-refractivity contribution < 1.29 is 9.66 Å². The maximum atomic E-state index is 11.1. The summed E-state index contributed by atoms with van der Waals surface area (Å²) in [5, 5.41) is 11.0. The van der Waals surface area contributed by atoms with Crippen molar-refractivity contribution in [3.05, 3.63) is 45.9 Å². The Morgan fingerprint density at radius 3 is 2.70 bits per heavy atom. The molecule has 0 N–H and O–H groups in total. The molecular weight excluding hydrogens is 282 g/mol. The van der Waals surface area contributed by atoms with Gasteiger partial charge in [-0.1, -0.05) is 12.1 Å². The van der Waals surface area contributed by atoms with Crippen LogP contribution in [0, 0.1) is 10.1 Å². The molecule has 20 heavy (non-hydrogen) atoms. The summed E-state index contributed by atoms with van der Waals surface area (Å²) in [5.41, 5.74) is 0.442. The fraction of sp³-hybridized carbons (Fsp3) is 0.231. The zero-order valence-corrected chi connectivity index (χ0v) is 11.7. The Morgan fingerprint density at radius 1 is 1.35 bits per heavy atom. The van der Waals surface area contributed by atoms with E-state index >= 15 is 0 Å². The van der Waals surface area contributed by atoms with Crippen molar-refractivity contribution >= 4 is 17.3 Å². The van der Waals surface area contributed by atoms with Crippen molar-refractivity contribution in [1.82, 2.24) is 9.97 Å². The van der Waals surface area contributed by atoms with E-state index in [9.17, 15) is 10.1 Å². The summed E-state index contributed by atoms with van der Waals surface area (Å²) in [4.78, 5) is 18.2. The standard InChI is InChI=1S/C13H12ClN3O3/c1-8(2)20-11-6-4-3-5-9(11)12-10(17(18)19)7-15-13(14)16-12/h3-8H,1-2H3. The van der Waals surface area contributed by atoms with Crippen LogP contribution in [0.1, 0.15) is 13.8 Å². The molecule has 0 bridgehead atoms. The lowest BCUT2D eigenvalue weighted by molar-refractivity contribution is -0.384. The Balaban J connectivity index is 2.62. The first-order chi connectivity index (χ1) is 9.49. The van der Waals surface area contributed by atoms with E-state index in [4.69, 9.17) is 16.3 Å². The van der Waals surface area contributed by atoms with Crippen LogP contribution in [-0.4, -0.2) is 21.0 Å². The number of hydrogen-bond acceptors (Lipinski definition) is 5. The van der Waals surface area contributed by atoms with Crippen molar-refractivity contribution in [2.75, 3.05) is 0 Å². The molecule has 1 aromatic carbocycles. The van der Waals surface area contributed by atoms with Crippen molar-refractivity contribution in [2.24, 2.45) is 0 Å². The molecule has 104 valence electrons. The lowest BCUT2D eigenvalue weighted by Gasteiger charge is -2.13. The molecule has 0 saturated heterocycles. The third-order valence-electron chi connectivity index (χ3n) is 2.44. The lowest BCUT2D eigenvalue weighted by atomic mass is 10.1. The third kappa shape index (κ3) is 3.03. The Kier molecular flexibility index (Phi) is 4.14. The molecule has 0 spiro atoms. The number of halogens is 1. The molecule has 0 aliphatic heterocycles. The van der Waals surface area contributed by atoms with Gasteiger partial charge in [0.05, 0.1) is 11.0 Å². The van der Waals surface area contributed by atoms with Gasteiger partial charge in [0.2, 0.25) is 5.28 Å². The number of benzene rings is 1. The van der Waals surface area contributed by atoms with Crippen LogP contribution in [-0.2, 0) is 0 Å². The van der Waals surface area contributed by atoms with Gasteiger partial charge in [-0.3, -0.25) is 10.1 Å². The molecule has 0 atom stereocenters. The maximum absolute atomic E-state index is 11.1. The topological polar surface area (TPSA) is 78.2 Å². The van der Waals surface area contributed by atoms with E-state index in [0.29, 0.717) is 11.3 Å². The predicted octanol–water partition coefficient (Wildman–Crippen LogP) is 3.49. The van der Waals surface area contributed by atoms with Gasteiger partial charge in [-0.05, 0) is 37.6 Å². The molecule has 6 nitrogen and oxygen atoms in total. The quantitative estimate of drug-likeness (QED) is 0.490. The highest BCUT2D eigenvalue weighted by Crippen LogP contribution is 2.35. The summed E-state index contributed by atoms with van der Waals surface area (Å²) in [7, 11) is 0. The number of ether oxygens (including phenoxy) is 1. The summed E-state index contributed by atoms with van der Waals surface area (Å²) in [6, 6.07) is 6.97. The van der Waals surface area contributed by atoms with Gasteiger partial charge in [-0.2, -0.15) is 0 Å². The predicted molar refractivity (Wildman–Crippen MR) is 74.9 cm³/mol. The van der Waals surface area contributed by atoms with Gasteiger partial charge < -0.3 is 4.74 Å². The lowest BCUT2D eigenvalue weighted by Crippen LogP contribution is -2.07. The fourth-order valence-corrected chi connectivity index (χ4v) is 1.84.